The Bertz CT molecular complexity index is 768. The van der Waals surface area contributed by atoms with Crippen molar-refractivity contribution in [1.29, 1.82) is 0 Å². The molecule has 1 fully saturated rings. The first-order valence-corrected chi connectivity index (χ1v) is 8.63. The maximum Gasteiger partial charge on any atom is 0.270 e. The summed E-state index contributed by atoms with van der Waals surface area (Å²) in [6.45, 7) is 2.86. The minimum Gasteiger partial charge on any atom is -0.365 e. The van der Waals surface area contributed by atoms with Crippen molar-refractivity contribution in [3.8, 4) is 0 Å². The number of benzene rings is 1. The molecule has 24 heavy (non-hydrogen) atoms. The van der Waals surface area contributed by atoms with Crippen LogP contribution in [0.1, 0.15) is 47.2 Å². The number of fused-ring (bicyclic) bond motifs is 1. The normalized spacial score (nSPS) is 17.8. The van der Waals surface area contributed by atoms with E-state index in [4.69, 9.17) is 4.98 Å². The Morgan fingerprint density at radius 3 is 2.71 bits per heavy atom. The zero-order valence-corrected chi connectivity index (χ0v) is 13.9. The first kappa shape index (κ1) is 15.1. The van der Waals surface area contributed by atoms with Crippen LogP contribution >= 0.6 is 0 Å². The van der Waals surface area contributed by atoms with E-state index >= 15 is 0 Å². The summed E-state index contributed by atoms with van der Waals surface area (Å²) in [5, 5.41) is 6.44. The smallest absolute Gasteiger partial charge is 0.270 e. The Kier molecular flexibility index (Phi) is 3.71. The molecular formula is C19H22N4O. The van der Waals surface area contributed by atoms with Crippen molar-refractivity contribution in [2.45, 2.75) is 44.6 Å². The van der Waals surface area contributed by atoms with E-state index in [0.29, 0.717) is 12.2 Å². The van der Waals surface area contributed by atoms with E-state index in [2.05, 4.69) is 34.7 Å². The third kappa shape index (κ3) is 3.11. The number of rotatable bonds is 5. The monoisotopic (exact) mass is 322 g/mol. The van der Waals surface area contributed by atoms with E-state index in [0.717, 1.165) is 49.3 Å². The van der Waals surface area contributed by atoms with E-state index in [9.17, 15) is 4.79 Å². The lowest BCUT2D eigenvalue weighted by atomic mass is 10.0. The molecule has 1 aliphatic carbocycles. The Hall–Kier alpha value is -2.43. The summed E-state index contributed by atoms with van der Waals surface area (Å²) in [4.78, 5) is 21.5. The fourth-order valence-corrected chi connectivity index (χ4v) is 3.05. The number of anilines is 1. The highest BCUT2D eigenvalue weighted by molar-refractivity contribution is 5.96. The van der Waals surface area contributed by atoms with Gasteiger partial charge in [-0.2, -0.15) is 0 Å². The number of amides is 1. The summed E-state index contributed by atoms with van der Waals surface area (Å²) in [6, 6.07) is 10.3. The second-order valence-corrected chi connectivity index (χ2v) is 6.99. The van der Waals surface area contributed by atoms with Crippen LogP contribution < -0.4 is 10.6 Å². The Morgan fingerprint density at radius 1 is 1.17 bits per heavy atom. The summed E-state index contributed by atoms with van der Waals surface area (Å²) in [7, 11) is 0. The number of aromatic nitrogens is 2. The van der Waals surface area contributed by atoms with E-state index in [1.807, 2.05) is 18.2 Å². The van der Waals surface area contributed by atoms with Crippen LogP contribution in [0.5, 0.6) is 0 Å². The van der Waals surface area contributed by atoms with Crippen LogP contribution in [0.2, 0.25) is 0 Å². The highest BCUT2D eigenvalue weighted by Gasteiger charge is 2.38. The predicted octanol–water partition coefficient (Wildman–Crippen LogP) is 2.51. The molecule has 0 saturated heterocycles. The molecule has 1 saturated carbocycles. The zero-order chi connectivity index (χ0) is 16.6. The Balaban J connectivity index is 1.62. The third-order valence-electron chi connectivity index (χ3n) is 4.83. The van der Waals surface area contributed by atoms with E-state index < -0.39 is 0 Å². The molecule has 2 aliphatic rings. The third-order valence-corrected chi connectivity index (χ3v) is 4.83. The van der Waals surface area contributed by atoms with Crippen molar-refractivity contribution in [3.05, 3.63) is 53.0 Å². The lowest BCUT2D eigenvalue weighted by molar-refractivity contribution is 0.0940. The number of nitrogens with zero attached hydrogens (tertiary/aromatic N) is 2. The molecule has 2 heterocycles. The summed E-state index contributed by atoms with van der Waals surface area (Å²) < 4.78 is 0. The molecule has 1 aromatic carbocycles. The molecule has 0 radical (unpaired) electrons. The molecule has 1 aliphatic heterocycles. The van der Waals surface area contributed by atoms with Crippen LogP contribution in [-0.4, -0.2) is 28.0 Å². The summed E-state index contributed by atoms with van der Waals surface area (Å²) in [6.07, 6.45) is 4.70. The summed E-state index contributed by atoms with van der Waals surface area (Å²) in [5.41, 5.74) is 2.90. The standard InChI is InChI=1S/C19H22N4O/c1-19(10-11-19)23-17-14-9-12-20-18(24)16(14)21-15(22-17)8-7-13-5-3-2-4-6-13/h2-6H,7-12H2,1H3,(H,20,24)(H,21,22,23). The number of carbonyl (C=O) groups excluding carboxylic acids is 1. The number of aryl methyl sites for hydroxylation is 2. The van der Waals surface area contributed by atoms with Gasteiger partial charge in [0.2, 0.25) is 0 Å². The second-order valence-electron chi connectivity index (χ2n) is 6.99. The van der Waals surface area contributed by atoms with Gasteiger partial charge < -0.3 is 10.6 Å². The molecule has 1 amide bonds. The summed E-state index contributed by atoms with van der Waals surface area (Å²) >= 11 is 0. The SMILES string of the molecule is CC1(Nc2nc(CCc3ccccc3)nc3c2CCNC3=O)CC1. The van der Waals surface area contributed by atoms with Crippen molar-refractivity contribution in [2.24, 2.45) is 0 Å². The molecule has 0 unspecified atom stereocenters. The van der Waals surface area contributed by atoms with Gasteiger partial charge in [-0.25, -0.2) is 9.97 Å². The van der Waals surface area contributed by atoms with Gasteiger partial charge in [0.1, 0.15) is 17.3 Å². The molecule has 5 nitrogen and oxygen atoms in total. The highest BCUT2D eigenvalue weighted by Crippen LogP contribution is 2.39. The topological polar surface area (TPSA) is 66.9 Å². The van der Waals surface area contributed by atoms with Crippen molar-refractivity contribution in [3.63, 3.8) is 0 Å². The second kappa shape index (κ2) is 5.89. The molecule has 1 aromatic heterocycles. The van der Waals surface area contributed by atoms with Gasteiger partial charge in [0, 0.05) is 24.1 Å². The van der Waals surface area contributed by atoms with Crippen LogP contribution in [0, 0.1) is 0 Å². The molecule has 5 heteroatoms. The first-order valence-electron chi connectivity index (χ1n) is 8.63. The average molecular weight is 322 g/mol. The fourth-order valence-electron chi connectivity index (χ4n) is 3.05. The van der Waals surface area contributed by atoms with Gasteiger partial charge in [-0.15, -0.1) is 0 Å². The van der Waals surface area contributed by atoms with Crippen LogP contribution in [0.4, 0.5) is 5.82 Å². The van der Waals surface area contributed by atoms with Gasteiger partial charge in [-0.05, 0) is 38.2 Å². The Morgan fingerprint density at radius 2 is 1.96 bits per heavy atom. The Labute approximate surface area is 141 Å². The predicted molar refractivity (Wildman–Crippen MR) is 93.2 cm³/mol. The minimum absolute atomic E-state index is 0.0800. The van der Waals surface area contributed by atoms with Crippen molar-refractivity contribution >= 4 is 11.7 Å². The summed E-state index contributed by atoms with van der Waals surface area (Å²) in [5.74, 6) is 1.52. The van der Waals surface area contributed by atoms with Crippen molar-refractivity contribution in [1.82, 2.24) is 15.3 Å². The maximum atomic E-state index is 12.2. The molecule has 124 valence electrons. The molecule has 2 N–H and O–H groups in total. The van der Waals surface area contributed by atoms with Crippen LogP contribution in [-0.2, 0) is 19.3 Å². The van der Waals surface area contributed by atoms with E-state index in [1.165, 1.54) is 5.56 Å². The van der Waals surface area contributed by atoms with Gasteiger partial charge in [-0.3, -0.25) is 4.79 Å². The maximum absolute atomic E-state index is 12.2. The van der Waals surface area contributed by atoms with E-state index in [1.54, 1.807) is 0 Å². The molecule has 0 atom stereocenters. The van der Waals surface area contributed by atoms with Crippen molar-refractivity contribution < 1.29 is 4.79 Å². The van der Waals surface area contributed by atoms with Gasteiger partial charge in [0.25, 0.3) is 5.91 Å². The number of nitrogens with one attached hydrogen (secondary N) is 2. The molecule has 2 aromatic rings. The van der Waals surface area contributed by atoms with Crippen LogP contribution in [0.25, 0.3) is 0 Å². The number of hydrogen-bond donors (Lipinski definition) is 2. The molecule has 0 spiro atoms. The number of hydrogen-bond acceptors (Lipinski definition) is 4. The van der Waals surface area contributed by atoms with Gasteiger partial charge in [0.15, 0.2) is 0 Å². The lowest BCUT2D eigenvalue weighted by Crippen LogP contribution is -2.35. The molecule has 0 bridgehead atoms. The van der Waals surface area contributed by atoms with E-state index in [-0.39, 0.29) is 11.4 Å². The van der Waals surface area contributed by atoms with Crippen molar-refractivity contribution in [2.75, 3.05) is 11.9 Å². The van der Waals surface area contributed by atoms with Crippen LogP contribution in [0.3, 0.4) is 0 Å². The minimum atomic E-state index is -0.0800. The van der Waals surface area contributed by atoms with Crippen LogP contribution in [0.15, 0.2) is 30.3 Å². The first-order chi connectivity index (χ1) is 11.6. The van der Waals surface area contributed by atoms with Gasteiger partial charge in [0.05, 0.1) is 0 Å². The largest absolute Gasteiger partial charge is 0.365 e. The van der Waals surface area contributed by atoms with Gasteiger partial charge in [-0.1, -0.05) is 30.3 Å². The fraction of sp³-hybridized carbons (Fsp3) is 0.421. The molecule has 4 rings (SSSR count). The quantitative estimate of drug-likeness (QED) is 0.887. The highest BCUT2D eigenvalue weighted by atomic mass is 16.1. The lowest BCUT2D eigenvalue weighted by Gasteiger charge is -2.22. The zero-order valence-electron chi connectivity index (χ0n) is 13.9. The molecular weight excluding hydrogens is 300 g/mol. The number of carbonyl (C=O) groups is 1. The average Bonchev–Trinajstić information content (AvgIpc) is 3.32. The van der Waals surface area contributed by atoms with Gasteiger partial charge >= 0.3 is 0 Å².